The summed E-state index contributed by atoms with van der Waals surface area (Å²) < 4.78 is 5.23. The monoisotopic (exact) mass is 240 g/mol. The number of nitrogens with zero attached hydrogens (tertiary/aromatic N) is 2. The summed E-state index contributed by atoms with van der Waals surface area (Å²) in [4.78, 5) is 16.6. The van der Waals surface area contributed by atoms with E-state index in [1.807, 2.05) is 11.8 Å². The number of piperazine rings is 1. The maximum atomic E-state index is 12.0. The van der Waals surface area contributed by atoms with Crippen molar-refractivity contribution in [3.63, 3.8) is 0 Å². The Balaban J connectivity index is 1.92. The van der Waals surface area contributed by atoms with Crippen LogP contribution in [0.4, 0.5) is 0 Å². The third-order valence-electron chi connectivity index (χ3n) is 3.94. The first-order valence-corrected chi connectivity index (χ1v) is 6.83. The molecule has 2 fully saturated rings. The van der Waals surface area contributed by atoms with Crippen LogP contribution in [0, 0.1) is 0 Å². The van der Waals surface area contributed by atoms with E-state index in [1.54, 1.807) is 0 Å². The van der Waals surface area contributed by atoms with Crippen LogP contribution in [0.5, 0.6) is 0 Å². The maximum Gasteiger partial charge on any atom is 0.248 e. The molecule has 2 aliphatic rings. The summed E-state index contributed by atoms with van der Waals surface area (Å²) in [5, 5.41) is 0. The van der Waals surface area contributed by atoms with Crippen molar-refractivity contribution < 1.29 is 9.53 Å². The summed E-state index contributed by atoms with van der Waals surface area (Å²) in [5.41, 5.74) is 0. The summed E-state index contributed by atoms with van der Waals surface area (Å²) in [6, 6.07) is 0.919. The fourth-order valence-electron chi connectivity index (χ4n) is 2.97. The molecule has 1 amide bonds. The van der Waals surface area contributed by atoms with E-state index in [0.717, 1.165) is 13.1 Å². The van der Waals surface area contributed by atoms with E-state index < -0.39 is 0 Å². The van der Waals surface area contributed by atoms with E-state index in [4.69, 9.17) is 4.74 Å². The van der Waals surface area contributed by atoms with Gasteiger partial charge < -0.3 is 9.64 Å². The van der Waals surface area contributed by atoms with Gasteiger partial charge in [-0.15, -0.1) is 0 Å². The Labute approximate surface area is 104 Å². The lowest BCUT2D eigenvalue weighted by Gasteiger charge is -2.47. The van der Waals surface area contributed by atoms with Gasteiger partial charge in [0.1, 0.15) is 6.61 Å². The van der Waals surface area contributed by atoms with E-state index in [-0.39, 0.29) is 12.5 Å². The van der Waals surface area contributed by atoms with Crippen molar-refractivity contribution in [2.75, 3.05) is 32.8 Å². The van der Waals surface area contributed by atoms with Crippen LogP contribution in [0.25, 0.3) is 0 Å². The SMILES string of the molecule is CCOCC(=O)N1CC2CCCCN2CC1C. The fraction of sp³-hybridized carbons (Fsp3) is 0.923. The Hall–Kier alpha value is -0.610. The van der Waals surface area contributed by atoms with Crippen molar-refractivity contribution in [2.45, 2.75) is 45.2 Å². The van der Waals surface area contributed by atoms with Crippen LogP contribution in [0.1, 0.15) is 33.1 Å². The molecule has 0 saturated carbocycles. The lowest BCUT2D eigenvalue weighted by molar-refractivity contribution is -0.142. The zero-order valence-electron chi connectivity index (χ0n) is 11.0. The molecular weight excluding hydrogens is 216 g/mol. The van der Waals surface area contributed by atoms with Crippen molar-refractivity contribution >= 4 is 5.91 Å². The molecule has 2 atom stereocenters. The summed E-state index contributed by atoms with van der Waals surface area (Å²) >= 11 is 0. The Bertz CT molecular complexity index is 270. The van der Waals surface area contributed by atoms with Crippen LogP contribution in [0.2, 0.25) is 0 Å². The minimum Gasteiger partial charge on any atom is -0.372 e. The average Bonchev–Trinajstić information content (AvgIpc) is 2.35. The quantitative estimate of drug-likeness (QED) is 0.741. The number of hydrogen-bond acceptors (Lipinski definition) is 3. The molecule has 0 aromatic carbocycles. The Morgan fingerprint density at radius 3 is 2.94 bits per heavy atom. The van der Waals surface area contributed by atoms with E-state index in [0.29, 0.717) is 18.7 Å². The lowest BCUT2D eigenvalue weighted by Crippen LogP contribution is -2.60. The maximum absolute atomic E-state index is 12.0. The number of ether oxygens (including phenoxy) is 1. The fourth-order valence-corrected chi connectivity index (χ4v) is 2.97. The number of fused-ring (bicyclic) bond motifs is 1. The van der Waals surface area contributed by atoms with E-state index >= 15 is 0 Å². The minimum absolute atomic E-state index is 0.157. The highest BCUT2D eigenvalue weighted by molar-refractivity contribution is 5.78. The predicted octanol–water partition coefficient (Wildman–Crippen LogP) is 1.11. The second-order valence-corrected chi connectivity index (χ2v) is 5.18. The third kappa shape index (κ3) is 2.99. The Kier molecular flexibility index (Phi) is 4.40. The number of piperidine rings is 1. The molecule has 2 saturated heterocycles. The van der Waals surface area contributed by atoms with Crippen molar-refractivity contribution in [3.8, 4) is 0 Å². The molecule has 0 aliphatic carbocycles. The van der Waals surface area contributed by atoms with Crippen LogP contribution in [-0.2, 0) is 9.53 Å². The second-order valence-electron chi connectivity index (χ2n) is 5.18. The summed E-state index contributed by atoms with van der Waals surface area (Å²) in [5.74, 6) is 0.157. The van der Waals surface area contributed by atoms with E-state index in [9.17, 15) is 4.79 Å². The molecule has 2 unspecified atom stereocenters. The van der Waals surface area contributed by atoms with E-state index in [1.165, 1.54) is 25.8 Å². The molecule has 0 aromatic heterocycles. The van der Waals surface area contributed by atoms with Gasteiger partial charge in [0.05, 0.1) is 0 Å². The zero-order valence-corrected chi connectivity index (χ0v) is 11.0. The molecule has 4 heteroatoms. The normalized spacial score (nSPS) is 30.1. The third-order valence-corrected chi connectivity index (χ3v) is 3.94. The molecule has 0 bridgehead atoms. The molecule has 0 N–H and O–H groups in total. The number of amides is 1. The van der Waals surface area contributed by atoms with Crippen molar-refractivity contribution in [3.05, 3.63) is 0 Å². The predicted molar refractivity (Wildman–Crippen MR) is 66.9 cm³/mol. The van der Waals surface area contributed by atoms with Gasteiger partial charge in [-0.05, 0) is 33.2 Å². The largest absolute Gasteiger partial charge is 0.372 e. The molecule has 0 spiro atoms. The van der Waals surface area contributed by atoms with E-state index in [2.05, 4.69) is 11.8 Å². The first-order valence-electron chi connectivity index (χ1n) is 6.83. The standard InChI is InChI=1S/C13H24N2O2/c1-3-17-10-13(16)15-9-12-6-4-5-7-14(12)8-11(15)2/h11-12H,3-10H2,1-2H3. The number of carbonyl (C=O) groups is 1. The number of hydrogen-bond donors (Lipinski definition) is 0. The van der Waals surface area contributed by atoms with Gasteiger partial charge in [0, 0.05) is 31.8 Å². The van der Waals surface area contributed by atoms with Gasteiger partial charge in [0.15, 0.2) is 0 Å². The molecular formula is C13H24N2O2. The number of carbonyl (C=O) groups excluding carboxylic acids is 1. The molecule has 17 heavy (non-hydrogen) atoms. The van der Waals surface area contributed by atoms with Crippen LogP contribution in [0.3, 0.4) is 0 Å². The van der Waals surface area contributed by atoms with Crippen molar-refractivity contribution in [1.82, 2.24) is 9.80 Å². The molecule has 2 rings (SSSR count). The summed E-state index contributed by atoms with van der Waals surface area (Å²) in [7, 11) is 0. The Morgan fingerprint density at radius 1 is 1.35 bits per heavy atom. The topological polar surface area (TPSA) is 32.8 Å². The number of rotatable bonds is 3. The van der Waals surface area contributed by atoms with Gasteiger partial charge in [-0.2, -0.15) is 0 Å². The first-order chi connectivity index (χ1) is 8.22. The van der Waals surface area contributed by atoms with Crippen LogP contribution in [0.15, 0.2) is 0 Å². The lowest BCUT2D eigenvalue weighted by atomic mass is 9.97. The van der Waals surface area contributed by atoms with Gasteiger partial charge in [-0.25, -0.2) is 0 Å². The molecule has 2 heterocycles. The smallest absolute Gasteiger partial charge is 0.248 e. The van der Waals surface area contributed by atoms with Crippen LogP contribution in [-0.4, -0.2) is 60.6 Å². The zero-order chi connectivity index (χ0) is 12.3. The van der Waals surface area contributed by atoms with Gasteiger partial charge in [-0.1, -0.05) is 6.42 Å². The van der Waals surface area contributed by atoms with Gasteiger partial charge in [0.2, 0.25) is 5.91 Å². The second kappa shape index (κ2) is 5.83. The Morgan fingerprint density at radius 2 is 2.18 bits per heavy atom. The van der Waals surface area contributed by atoms with Crippen molar-refractivity contribution in [1.29, 1.82) is 0 Å². The van der Waals surface area contributed by atoms with Crippen LogP contribution >= 0.6 is 0 Å². The highest BCUT2D eigenvalue weighted by Gasteiger charge is 2.34. The molecule has 0 aromatic rings. The van der Waals surface area contributed by atoms with Gasteiger partial charge >= 0.3 is 0 Å². The average molecular weight is 240 g/mol. The summed E-state index contributed by atoms with van der Waals surface area (Å²) in [6.45, 7) is 8.07. The summed E-state index contributed by atoms with van der Waals surface area (Å²) in [6.07, 6.45) is 3.87. The molecule has 4 nitrogen and oxygen atoms in total. The molecule has 98 valence electrons. The van der Waals surface area contributed by atoms with Gasteiger partial charge in [-0.3, -0.25) is 9.69 Å². The van der Waals surface area contributed by atoms with Gasteiger partial charge in [0.25, 0.3) is 0 Å². The van der Waals surface area contributed by atoms with Crippen LogP contribution < -0.4 is 0 Å². The molecule has 2 aliphatic heterocycles. The highest BCUT2D eigenvalue weighted by atomic mass is 16.5. The van der Waals surface area contributed by atoms with Crippen molar-refractivity contribution in [2.24, 2.45) is 0 Å². The molecule has 0 radical (unpaired) electrons. The minimum atomic E-state index is 0.157. The highest BCUT2D eigenvalue weighted by Crippen LogP contribution is 2.23. The first kappa shape index (κ1) is 12.8.